The lowest BCUT2D eigenvalue weighted by atomic mass is 10.1. The summed E-state index contributed by atoms with van der Waals surface area (Å²) < 4.78 is 27.6. The minimum atomic E-state index is -3.73. The van der Waals surface area contributed by atoms with Gasteiger partial charge < -0.3 is 5.32 Å². The minimum Gasteiger partial charge on any atom is -0.313 e. The highest BCUT2D eigenvalue weighted by atomic mass is 35.5. The van der Waals surface area contributed by atoms with Gasteiger partial charge in [0.2, 0.25) is 10.0 Å². The Morgan fingerprint density at radius 3 is 2.78 bits per heavy atom. The fraction of sp³-hybridized carbons (Fsp3) is 0.267. The van der Waals surface area contributed by atoms with Crippen molar-refractivity contribution in [1.82, 2.24) is 14.6 Å². The van der Waals surface area contributed by atoms with E-state index >= 15 is 0 Å². The number of nitrogens with one attached hydrogen (secondary N) is 1. The van der Waals surface area contributed by atoms with Crippen LogP contribution >= 0.6 is 23.2 Å². The lowest BCUT2D eigenvalue weighted by Gasteiger charge is -2.35. The maximum absolute atomic E-state index is 13.1. The molecule has 5 nitrogen and oxygen atoms in total. The van der Waals surface area contributed by atoms with Gasteiger partial charge in [0.15, 0.2) is 0 Å². The first kappa shape index (κ1) is 16.7. The van der Waals surface area contributed by atoms with Crippen LogP contribution in [-0.2, 0) is 10.0 Å². The van der Waals surface area contributed by atoms with Gasteiger partial charge >= 0.3 is 0 Å². The SMILES string of the molecule is O=S(=O)(c1ccc(Cl)cc1Cl)N1CCNCC1c1cccnc1. The van der Waals surface area contributed by atoms with Crippen molar-refractivity contribution in [2.75, 3.05) is 19.6 Å². The van der Waals surface area contributed by atoms with Gasteiger partial charge in [-0.1, -0.05) is 29.3 Å². The second-order valence-electron chi connectivity index (χ2n) is 5.20. The summed E-state index contributed by atoms with van der Waals surface area (Å²) in [6, 6.07) is 7.76. The molecule has 2 aromatic rings. The molecule has 1 atom stereocenters. The number of benzene rings is 1. The summed E-state index contributed by atoms with van der Waals surface area (Å²) in [5.41, 5.74) is 0.841. The van der Waals surface area contributed by atoms with E-state index < -0.39 is 10.0 Å². The molecule has 8 heteroatoms. The molecule has 2 heterocycles. The van der Waals surface area contributed by atoms with Crippen molar-refractivity contribution in [3.63, 3.8) is 0 Å². The molecule has 0 spiro atoms. The Labute approximate surface area is 145 Å². The van der Waals surface area contributed by atoms with E-state index in [9.17, 15) is 8.42 Å². The van der Waals surface area contributed by atoms with Gasteiger partial charge in [-0.05, 0) is 29.8 Å². The van der Waals surface area contributed by atoms with E-state index in [1.807, 2.05) is 6.07 Å². The fourth-order valence-corrected chi connectivity index (χ4v) is 5.00. The van der Waals surface area contributed by atoms with Gasteiger partial charge in [0.05, 0.1) is 11.1 Å². The predicted molar refractivity (Wildman–Crippen MR) is 90.2 cm³/mol. The molecule has 1 aromatic carbocycles. The van der Waals surface area contributed by atoms with Gasteiger partial charge in [0.1, 0.15) is 4.90 Å². The van der Waals surface area contributed by atoms with Crippen LogP contribution in [0.4, 0.5) is 0 Å². The Morgan fingerprint density at radius 1 is 1.26 bits per heavy atom. The lowest BCUT2D eigenvalue weighted by Crippen LogP contribution is -2.48. The molecule has 1 saturated heterocycles. The third-order valence-electron chi connectivity index (χ3n) is 3.74. The Morgan fingerprint density at radius 2 is 2.09 bits per heavy atom. The normalized spacial score (nSPS) is 19.7. The molecule has 1 N–H and O–H groups in total. The topological polar surface area (TPSA) is 62.3 Å². The van der Waals surface area contributed by atoms with Crippen LogP contribution < -0.4 is 5.32 Å². The van der Waals surface area contributed by atoms with E-state index in [2.05, 4.69) is 10.3 Å². The first-order valence-electron chi connectivity index (χ1n) is 7.07. The third kappa shape index (κ3) is 3.36. The summed E-state index contributed by atoms with van der Waals surface area (Å²) in [7, 11) is -3.73. The minimum absolute atomic E-state index is 0.0688. The second kappa shape index (κ2) is 6.75. The molecule has 1 aromatic heterocycles. The first-order chi connectivity index (χ1) is 11.0. The van der Waals surface area contributed by atoms with Gasteiger partial charge in [-0.25, -0.2) is 8.42 Å². The molecule has 1 fully saturated rings. The van der Waals surface area contributed by atoms with Gasteiger partial charge in [-0.2, -0.15) is 4.31 Å². The molecule has 3 rings (SSSR count). The lowest BCUT2D eigenvalue weighted by molar-refractivity contribution is 0.271. The van der Waals surface area contributed by atoms with Gasteiger partial charge in [-0.15, -0.1) is 0 Å². The molecular formula is C15H15Cl2N3O2S. The number of nitrogens with zero attached hydrogens (tertiary/aromatic N) is 2. The Hall–Kier alpha value is -1.18. The molecular weight excluding hydrogens is 357 g/mol. The molecule has 1 unspecified atom stereocenters. The monoisotopic (exact) mass is 371 g/mol. The molecule has 1 aliphatic rings. The summed E-state index contributed by atoms with van der Waals surface area (Å²) in [5.74, 6) is 0. The zero-order valence-corrected chi connectivity index (χ0v) is 14.4. The molecule has 122 valence electrons. The molecule has 0 saturated carbocycles. The van der Waals surface area contributed by atoms with Crippen LogP contribution in [0.5, 0.6) is 0 Å². The Kier molecular flexibility index (Phi) is 4.89. The second-order valence-corrected chi connectivity index (χ2v) is 7.90. The van der Waals surface area contributed by atoms with Crippen molar-refractivity contribution in [3.05, 3.63) is 58.3 Å². The number of halogens is 2. The molecule has 0 bridgehead atoms. The number of piperazine rings is 1. The van der Waals surface area contributed by atoms with Crippen molar-refractivity contribution in [2.45, 2.75) is 10.9 Å². The summed E-state index contributed by atoms with van der Waals surface area (Å²) in [5, 5.41) is 3.75. The average molecular weight is 372 g/mol. The number of sulfonamides is 1. The van der Waals surface area contributed by atoms with Crippen molar-refractivity contribution in [1.29, 1.82) is 0 Å². The van der Waals surface area contributed by atoms with Crippen LogP contribution in [0.2, 0.25) is 10.0 Å². The van der Waals surface area contributed by atoms with E-state index in [1.54, 1.807) is 18.5 Å². The number of rotatable bonds is 3. The summed E-state index contributed by atoms with van der Waals surface area (Å²) in [6.07, 6.45) is 3.35. The highest BCUT2D eigenvalue weighted by Crippen LogP contribution is 2.32. The highest BCUT2D eigenvalue weighted by molar-refractivity contribution is 7.89. The van der Waals surface area contributed by atoms with Crippen molar-refractivity contribution in [2.24, 2.45) is 0 Å². The zero-order chi connectivity index (χ0) is 16.4. The van der Waals surface area contributed by atoms with Crippen LogP contribution in [0, 0.1) is 0 Å². The predicted octanol–water partition coefficient (Wildman–Crippen LogP) is 2.72. The Balaban J connectivity index is 2.02. The molecule has 1 aliphatic heterocycles. The first-order valence-corrected chi connectivity index (χ1v) is 9.27. The number of hydrogen-bond donors (Lipinski definition) is 1. The van der Waals surface area contributed by atoms with Gasteiger partial charge in [0, 0.05) is 37.1 Å². The zero-order valence-electron chi connectivity index (χ0n) is 12.1. The van der Waals surface area contributed by atoms with E-state index in [0.29, 0.717) is 24.7 Å². The van der Waals surface area contributed by atoms with Crippen molar-refractivity contribution >= 4 is 33.2 Å². The van der Waals surface area contributed by atoms with E-state index in [4.69, 9.17) is 23.2 Å². The smallest absolute Gasteiger partial charge is 0.245 e. The summed E-state index contributed by atoms with van der Waals surface area (Å²) in [6.45, 7) is 1.47. The largest absolute Gasteiger partial charge is 0.313 e. The molecule has 23 heavy (non-hydrogen) atoms. The quantitative estimate of drug-likeness (QED) is 0.900. The molecule has 0 aliphatic carbocycles. The van der Waals surface area contributed by atoms with E-state index in [1.165, 1.54) is 22.5 Å². The van der Waals surface area contributed by atoms with Gasteiger partial charge in [-0.3, -0.25) is 4.98 Å². The van der Waals surface area contributed by atoms with Crippen LogP contribution in [0.25, 0.3) is 0 Å². The van der Waals surface area contributed by atoms with Crippen molar-refractivity contribution in [3.8, 4) is 0 Å². The number of hydrogen-bond acceptors (Lipinski definition) is 4. The average Bonchev–Trinajstić information content (AvgIpc) is 2.55. The maximum atomic E-state index is 13.1. The van der Waals surface area contributed by atoms with Crippen LogP contribution in [0.1, 0.15) is 11.6 Å². The summed E-state index contributed by atoms with van der Waals surface area (Å²) in [4.78, 5) is 4.15. The van der Waals surface area contributed by atoms with Crippen LogP contribution in [0.15, 0.2) is 47.6 Å². The fourth-order valence-electron chi connectivity index (χ4n) is 2.64. The van der Waals surface area contributed by atoms with Crippen LogP contribution in [-0.4, -0.2) is 37.3 Å². The third-order valence-corrected chi connectivity index (χ3v) is 6.37. The Bertz CT molecular complexity index is 800. The molecule has 0 amide bonds. The van der Waals surface area contributed by atoms with Gasteiger partial charge in [0.25, 0.3) is 0 Å². The standard InChI is InChI=1S/C15H15Cl2N3O2S/c16-12-3-4-15(13(17)8-12)23(21,22)20-7-6-19-10-14(20)11-2-1-5-18-9-11/h1-5,8-9,14,19H,6-7,10H2. The maximum Gasteiger partial charge on any atom is 0.245 e. The summed E-state index contributed by atoms with van der Waals surface area (Å²) >= 11 is 12.0. The molecule has 0 radical (unpaired) electrons. The van der Waals surface area contributed by atoms with E-state index in [0.717, 1.165) is 5.56 Å². The number of pyridine rings is 1. The van der Waals surface area contributed by atoms with E-state index in [-0.39, 0.29) is 16.0 Å². The van der Waals surface area contributed by atoms with Crippen molar-refractivity contribution < 1.29 is 8.42 Å². The highest BCUT2D eigenvalue weighted by Gasteiger charge is 2.35. The number of aromatic nitrogens is 1. The van der Waals surface area contributed by atoms with Crippen LogP contribution in [0.3, 0.4) is 0 Å².